The number of aromatic nitrogens is 3. The van der Waals surface area contributed by atoms with Gasteiger partial charge in [0.05, 0.1) is 20.2 Å². The molecule has 0 radical (unpaired) electrons. The molecule has 1 N–H and O–H groups in total. The maximum Gasteiger partial charge on any atom is 0.354 e. The van der Waals surface area contributed by atoms with Crippen molar-refractivity contribution in [3.63, 3.8) is 0 Å². The van der Waals surface area contributed by atoms with Crippen molar-refractivity contribution in [1.82, 2.24) is 19.7 Å². The highest BCUT2D eigenvalue weighted by atomic mass is 32.1. The van der Waals surface area contributed by atoms with Crippen molar-refractivity contribution >= 4 is 29.0 Å². The van der Waals surface area contributed by atoms with E-state index >= 15 is 0 Å². The molecule has 0 saturated heterocycles. The Labute approximate surface area is 163 Å². The van der Waals surface area contributed by atoms with Gasteiger partial charge in [0, 0.05) is 10.6 Å². The van der Waals surface area contributed by atoms with Crippen LogP contribution in [0.25, 0.3) is 0 Å². The number of fused-ring (bicyclic) bond motifs is 1. The first-order chi connectivity index (χ1) is 13.6. The number of hydrogen-bond donors (Lipinski definition) is 1. The average molecular weight is 399 g/mol. The van der Waals surface area contributed by atoms with Crippen LogP contribution in [0.1, 0.15) is 10.7 Å². The number of ether oxygens (including phenoxy) is 1. The number of amides is 2. The lowest BCUT2D eigenvalue weighted by atomic mass is 10.3. The zero-order valence-corrected chi connectivity index (χ0v) is 15.8. The van der Waals surface area contributed by atoms with Gasteiger partial charge in [0.25, 0.3) is 0 Å². The van der Waals surface area contributed by atoms with Crippen molar-refractivity contribution in [2.24, 2.45) is 0 Å². The van der Waals surface area contributed by atoms with E-state index in [0.717, 1.165) is 14.1 Å². The lowest BCUT2D eigenvalue weighted by Gasteiger charge is -2.15. The number of rotatable bonds is 6. The summed E-state index contributed by atoms with van der Waals surface area (Å²) in [5, 5.41) is 8.82. The van der Waals surface area contributed by atoms with Gasteiger partial charge >= 0.3 is 11.7 Å². The quantitative estimate of drug-likeness (QED) is 0.676. The lowest BCUT2D eigenvalue weighted by Crippen LogP contribution is -2.37. The highest BCUT2D eigenvalue weighted by Crippen LogP contribution is 2.24. The highest BCUT2D eigenvalue weighted by Gasteiger charge is 2.33. The van der Waals surface area contributed by atoms with E-state index in [4.69, 9.17) is 4.74 Å². The van der Waals surface area contributed by atoms with Gasteiger partial charge in [-0.1, -0.05) is 6.07 Å². The molecule has 0 saturated carbocycles. The second-order valence-electron chi connectivity index (χ2n) is 6.11. The SMILES string of the molecule is COc1ccc(N2Cc3nn(CC(=O)NCc4cccs4)c(=O)n3C2=O)cc1. The topological polar surface area (TPSA) is 98.5 Å². The molecule has 1 aromatic carbocycles. The molecule has 144 valence electrons. The molecule has 0 unspecified atom stereocenters. The molecule has 4 rings (SSSR count). The summed E-state index contributed by atoms with van der Waals surface area (Å²) in [6.07, 6.45) is 0. The Morgan fingerprint density at radius 2 is 2.04 bits per heavy atom. The number of anilines is 1. The summed E-state index contributed by atoms with van der Waals surface area (Å²) in [4.78, 5) is 39.7. The van der Waals surface area contributed by atoms with Crippen molar-refractivity contribution in [2.75, 3.05) is 12.0 Å². The third-order valence-electron chi connectivity index (χ3n) is 4.35. The zero-order valence-electron chi connectivity index (χ0n) is 15.0. The molecule has 0 fully saturated rings. The largest absolute Gasteiger partial charge is 0.497 e. The fourth-order valence-corrected chi connectivity index (χ4v) is 3.58. The molecular formula is C18H17N5O4S. The van der Waals surface area contributed by atoms with Crippen LogP contribution in [-0.4, -0.2) is 33.4 Å². The van der Waals surface area contributed by atoms with Crippen LogP contribution in [0.15, 0.2) is 46.6 Å². The van der Waals surface area contributed by atoms with Crippen LogP contribution in [0.2, 0.25) is 0 Å². The van der Waals surface area contributed by atoms with Gasteiger partial charge in [0.15, 0.2) is 5.82 Å². The van der Waals surface area contributed by atoms with Crippen LogP contribution in [0.3, 0.4) is 0 Å². The summed E-state index contributed by atoms with van der Waals surface area (Å²) in [5.41, 5.74) is 0.0122. The zero-order chi connectivity index (χ0) is 19.7. The van der Waals surface area contributed by atoms with Gasteiger partial charge in [-0.2, -0.15) is 9.67 Å². The van der Waals surface area contributed by atoms with E-state index in [2.05, 4.69) is 10.4 Å². The summed E-state index contributed by atoms with van der Waals surface area (Å²) in [5.74, 6) is 0.632. The predicted molar refractivity (Wildman–Crippen MR) is 103 cm³/mol. The maximum atomic E-state index is 12.7. The molecule has 0 spiro atoms. The van der Waals surface area contributed by atoms with Crippen molar-refractivity contribution in [1.29, 1.82) is 0 Å². The van der Waals surface area contributed by atoms with Crippen molar-refractivity contribution in [3.05, 3.63) is 63.0 Å². The van der Waals surface area contributed by atoms with Crippen LogP contribution < -0.4 is 20.6 Å². The molecule has 0 aliphatic carbocycles. The number of carbonyl (C=O) groups is 2. The van der Waals surface area contributed by atoms with Crippen LogP contribution in [-0.2, 0) is 24.4 Å². The van der Waals surface area contributed by atoms with E-state index in [9.17, 15) is 14.4 Å². The van der Waals surface area contributed by atoms with Crippen molar-refractivity contribution in [3.8, 4) is 5.75 Å². The first kappa shape index (κ1) is 18.0. The van der Waals surface area contributed by atoms with E-state index < -0.39 is 11.7 Å². The molecule has 0 atom stereocenters. The highest BCUT2D eigenvalue weighted by molar-refractivity contribution is 7.09. The molecule has 0 bridgehead atoms. The smallest absolute Gasteiger partial charge is 0.354 e. The number of hydrogen-bond acceptors (Lipinski definition) is 6. The number of nitrogens with zero attached hydrogens (tertiary/aromatic N) is 4. The molecule has 1 aliphatic heterocycles. The Bertz CT molecular complexity index is 1070. The van der Waals surface area contributed by atoms with Crippen LogP contribution >= 0.6 is 11.3 Å². The van der Waals surface area contributed by atoms with Crippen LogP contribution in [0, 0.1) is 0 Å². The van der Waals surface area contributed by atoms with E-state index in [1.54, 1.807) is 31.4 Å². The molecule has 2 aromatic heterocycles. The normalized spacial score (nSPS) is 12.9. The minimum atomic E-state index is -0.623. The van der Waals surface area contributed by atoms with E-state index in [1.807, 2.05) is 17.5 Å². The summed E-state index contributed by atoms with van der Waals surface area (Å²) in [7, 11) is 1.56. The Balaban J connectivity index is 1.46. The number of nitrogens with one attached hydrogen (secondary N) is 1. The lowest BCUT2D eigenvalue weighted by molar-refractivity contribution is -0.122. The third kappa shape index (κ3) is 3.29. The first-order valence-electron chi connectivity index (χ1n) is 8.50. The fourth-order valence-electron chi connectivity index (χ4n) is 2.93. The number of benzene rings is 1. The third-order valence-corrected chi connectivity index (χ3v) is 5.22. The Hall–Kier alpha value is -3.40. The molecule has 1 aliphatic rings. The molecule has 3 heterocycles. The molecule has 2 amide bonds. The van der Waals surface area contributed by atoms with Gasteiger partial charge in [0.2, 0.25) is 5.91 Å². The number of carbonyl (C=O) groups excluding carboxylic acids is 2. The van der Waals surface area contributed by atoms with Gasteiger partial charge < -0.3 is 10.1 Å². The average Bonchev–Trinajstić information content (AvgIpc) is 3.40. The first-order valence-corrected chi connectivity index (χ1v) is 9.38. The monoisotopic (exact) mass is 399 g/mol. The second kappa shape index (κ2) is 7.31. The molecule has 3 aromatic rings. The molecule has 28 heavy (non-hydrogen) atoms. The molecular weight excluding hydrogens is 382 g/mol. The summed E-state index contributed by atoms with van der Waals surface area (Å²) >= 11 is 1.53. The molecule has 10 heteroatoms. The Morgan fingerprint density at radius 1 is 1.25 bits per heavy atom. The Kier molecular flexibility index (Phi) is 4.70. The predicted octanol–water partition coefficient (Wildman–Crippen LogP) is 1.42. The van der Waals surface area contributed by atoms with E-state index in [0.29, 0.717) is 23.8 Å². The van der Waals surface area contributed by atoms with Crippen molar-refractivity contribution in [2.45, 2.75) is 19.6 Å². The Morgan fingerprint density at radius 3 is 2.68 bits per heavy atom. The summed E-state index contributed by atoms with van der Waals surface area (Å²) in [6, 6.07) is 10.3. The van der Waals surface area contributed by atoms with Gasteiger partial charge in [-0.3, -0.25) is 9.69 Å². The fraction of sp³-hybridized carbons (Fsp3) is 0.222. The van der Waals surface area contributed by atoms with Crippen LogP contribution in [0.4, 0.5) is 10.5 Å². The van der Waals surface area contributed by atoms with E-state index in [-0.39, 0.29) is 19.0 Å². The minimum absolute atomic E-state index is 0.157. The maximum absolute atomic E-state index is 12.7. The second-order valence-corrected chi connectivity index (χ2v) is 7.15. The van der Waals surface area contributed by atoms with Gasteiger partial charge in [-0.25, -0.2) is 14.3 Å². The van der Waals surface area contributed by atoms with Crippen LogP contribution in [0.5, 0.6) is 5.75 Å². The number of thiophene rings is 1. The van der Waals surface area contributed by atoms with Gasteiger partial charge in [0.1, 0.15) is 12.3 Å². The summed E-state index contributed by atoms with van der Waals surface area (Å²) < 4.78 is 7.12. The van der Waals surface area contributed by atoms with E-state index in [1.165, 1.54) is 16.2 Å². The standard InChI is InChI=1S/C18H17N5O4S/c1-27-13-6-4-12(5-7-13)21-10-15-20-22(18(26)23(15)17(21)25)11-16(24)19-9-14-3-2-8-28-14/h2-8H,9-11H2,1H3,(H,19,24). The minimum Gasteiger partial charge on any atom is -0.497 e. The molecule has 9 nitrogen and oxygen atoms in total. The van der Waals surface area contributed by atoms with Gasteiger partial charge in [-0.05, 0) is 35.7 Å². The van der Waals surface area contributed by atoms with Crippen molar-refractivity contribution < 1.29 is 14.3 Å². The number of methoxy groups -OCH3 is 1. The summed E-state index contributed by atoms with van der Waals surface area (Å²) in [6.45, 7) is 0.313. The van der Waals surface area contributed by atoms with Gasteiger partial charge in [-0.15, -0.1) is 11.3 Å².